The van der Waals surface area contributed by atoms with E-state index in [4.69, 9.17) is 18.0 Å². The van der Waals surface area contributed by atoms with Crippen LogP contribution >= 0.6 is 12.2 Å². The number of hydrogen-bond donors (Lipinski definition) is 2. The summed E-state index contributed by atoms with van der Waals surface area (Å²) in [4.78, 5) is 24.6. The minimum atomic E-state index is -0.347. The predicted molar refractivity (Wildman–Crippen MR) is 67.8 cm³/mol. The van der Waals surface area contributed by atoms with E-state index < -0.39 is 0 Å². The molecule has 0 bridgehead atoms. The number of aromatic amines is 1. The standard InChI is InChI=1S/C10H14N4O2S/c1-6(5-8(11)17)14(2)10(16)7-3-4-9(15)13-12-7/h3-4,6H,5H2,1-2H3,(H2,11,17)(H,13,15). The van der Waals surface area contributed by atoms with Gasteiger partial charge in [0.1, 0.15) is 5.69 Å². The maximum Gasteiger partial charge on any atom is 0.274 e. The number of hydrogen-bond acceptors (Lipinski definition) is 4. The molecule has 0 aromatic carbocycles. The van der Waals surface area contributed by atoms with Crippen LogP contribution in [0.3, 0.4) is 0 Å². The molecule has 0 aliphatic carbocycles. The first-order valence-electron chi connectivity index (χ1n) is 5.03. The van der Waals surface area contributed by atoms with Gasteiger partial charge in [0.05, 0.1) is 4.99 Å². The van der Waals surface area contributed by atoms with Gasteiger partial charge in [-0.05, 0) is 13.0 Å². The van der Waals surface area contributed by atoms with Crippen molar-refractivity contribution in [3.63, 3.8) is 0 Å². The van der Waals surface area contributed by atoms with Crippen molar-refractivity contribution in [2.45, 2.75) is 19.4 Å². The number of H-pyrrole nitrogens is 1. The van der Waals surface area contributed by atoms with Gasteiger partial charge in [0.2, 0.25) is 0 Å². The zero-order valence-corrected chi connectivity index (χ0v) is 10.5. The SMILES string of the molecule is CC(CC(N)=S)N(C)C(=O)c1ccc(=O)[nH]n1. The molecule has 17 heavy (non-hydrogen) atoms. The third-order valence-electron chi connectivity index (χ3n) is 2.38. The molecule has 6 nitrogen and oxygen atoms in total. The number of carbonyl (C=O) groups is 1. The van der Waals surface area contributed by atoms with Crippen LogP contribution in [0.2, 0.25) is 0 Å². The fourth-order valence-electron chi connectivity index (χ4n) is 1.27. The topological polar surface area (TPSA) is 92.1 Å². The summed E-state index contributed by atoms with van der Waals surface area (Å²) in [7, 11) is 1.64. The summed E-state index contributed by atoms with van der Waals surface area (Å²) in [6.07, 6.45) is 0.445. The summed E-state index contributed by atoms with van der Waals surface area (Å²) >= 11 is 4.79. The summed E-state index contributed by atoms with van der Waals surface area (Å²) in [5.74, 6) is -0.287. The lowest BCUT2D eigenvalue weighted by Gasteiger charge is -2.23. The minimum Gasteiger partial charge on any atom is -0.393 e. The molecule has 1 aromatic heterocycles. The second kappa shape index (κ2) is 5.53. The smallest absolute Gasteiger partial charge is 0.274 e. The second-order valence-electron chi connectivity index (χ2n) is 3.74. The average Bonchev–Trinajstić information content (AvgIpc) is 2.27. The molecule has 0 saturated heterocycles. The van der Waals surface area contributed by atoms with Crippen LogP contribution in [0.15, 0.2) is 16.9 Å². The van der Waals surface area contributed by atoms with Gasteiger partial charge >= 0.3 is 0 Å². The van der Waals surface area contributed by atoms with Crippen LogP contribution in [-0.4, -0.2) is 39.1 Å². The Morgan fingerprint density at radius 2 is 2.29 bits per heavy atom. The highest BCUT2D eigenvalue weighted by Gasteiger charge is 2.19. The third-order valence-corrected chi connectivity index (χ3v) is 2.54. The molecule has 1 aromatic rings. The zero-order valence-electron chi connectivity index (χ0n) is 9.64. The van der Waals surface area contributed by atoms with Crippen LogP contribution in [0.5, 0.6) is 0 Å². The van der Waals surface area contributed by atoms with Crippen LogP contribution in [0.25, 0.3) is 0 Å². The van der Waals surface area contributed by atoms with E-state index in [2.05, 4.69) is 10.2 Å². The van der Waals surface area contributed by atoms with E-state index in [0.29, 0.717) is 11.4 Å². The van der Waals surface area contributed by atoms with E-state index in [-0.39, 0.29) is 23.2 Å². The summed E-state index contributed by atoms with van der Waals surface area (Å²) in [6, 6.07) is 2.52. The van der Waals surface area contributed by atoms with Crippen molar-refractivity contribution >= 4 is 23.1 Å². The van der Waals surface area contributed by atoms with Gasteiger partial charge in [0.25, 0.3) is 11.5 Å². The zero-order chi connectivity index (χ0) is 13.0. The van der Waals surface area contributed by atoms with Crippen LogP contribution in [0.4, 0.5) is 0 Å². The summed E-state index contributed by atoms with van der Waals surface area (Å²) < 4.78 is 0. The van der Waals surface area contributed by atoms with Crippen molar-refractivity contribution in [3.05, 3.63) is 28.2 Å². The van der Waals surface area contributed by atoms with E-state index in [0.717, 1.165) is 0 Å². The van der Waals surface area contributed by atoms with Crippen molar-refractivity contribution in [1.82, 2.24) is 15.1 Å². The summed E-state index contributed by atoms with van der Waals surface area (Å²) in [5.41, 5.74) is 5.26. The summed E-state index contributed by atoms with van der Waals surface area (Å²) in [5, 5.41) is 5.88. The van der Waals surface area contributed by atoms with Gasteiger partial charge in [-0.15, -0.1) is 0 Å². The minimum absolute atomic E-state index is 0.117. The first-order valence-corrected chi connectivity index (χ1v) is 5.44. The largest absolute Gasteiger partial charge is 0.393 e. The summed E-state index contributed by atoms with van der Waals surface area (Å²) in [6.45, 7) is 1.84. The monoisotopic (exact) mass is 254 g/mol. The van der Waals surface area contributed by atoms with Crippen molar-refractivity contribution < 1.29 is 4.79 Å². The lowest BCUT2D eigenvalue weighted by molar-refractivity contribution is 0.0741. The number of rotatable bonds is 4. The number of thiocarbonyl (C=S) groups is 1. The lowest BCUT2D eigenvalue weighted by Crippen LogP contribution is -2.38. The number of amides is 1. The molecule has 0 aliphatic rings. The van der Waals surface area contributed by atoms with Gasteiger partial charge in [0, 0.05) is 25.6 Å². The Balaban J connectivity index is 2.79. The fourth-order valence-corrected chi connectivity index (χ4v) is 1.51. The Hall–Kier alpha value is -1.76. The highest BCUT2D eigenvalue weighted by atomic mass is 32.1. The predicted octanol–water partition coefficient (Wildman–Crippen LogP) is -0.0934. The van der Waals surface area contributed by atoms with E-state index in [1.54, 1.807) is 7.05 Å². The number of nitrogens with two attached hydrogens (primary N) is 1. The molecule has 0 aliphatic heterocycles. The van der Waals surface area contributed by atoms with Gasteiger partial charge in [-0.3, -0.25) is 9.59 Å². The maximum absolute atomic E-state index is 11.9. The van der Waals surface area contributed by atoms with Gasteiger partial charge < -0.3 is 10.6 Å². The Labute approximate surface area is 104 Å². The highest BCUT2D eigenvalue weighted by Crippen LogP contribution is 2.05. The van der Waals surface area contributed by atoms with Crippen LogP contribution in [0.1, 0.15) is 23.8 Å². The molecule has 1 heterocycles. The van der Waals surface area contributed by atoms with Gasteiger partial charge in [-0.25, -0.2) is 5.10 Å². The lowest BCUT2D eigenvalue weighted by atomic mass is 10.2. The molecular formula is C10H14N4O2S. The Bertz CT molecular complexity index is 465. The van der Waals surface area contributed by atoms with Crippen LogP contribution < -0.4 is 11.3 Å². The third kappa shape index (κ3) is 3.63. The molecule has 1 atom stereocenters. The fraction of sp³-hybridized carbons (Fsp3) is 0.400. The molecule has 7 heteroatoms. The van der Waals surface area contributed by atoms with Crippen molar-refractivity contribution in [2.75, 3.05) is 7.05 Å². The highest BCUT2D eigenvalue weighted by molar-refractivity contribution is 7.80. The molecule has 3 N–H and O–H groups in total. The molecule has 0 fully saturated rings. The van der Waals surface area contributed by atoms with Gasteiger partial charge in [-0.1, -0.05) is 12.2 Å². The Kier molecular flexibility index (Phi) is 4.33. The van der Waals surface area contributed by atoms with E-state index in [1.165, 1.54) is 17.0 Å². The number of aromatic nitrogens is 2. The molecule has 0 saturated carbocycles. The van der Waals surface area contributed by atoms with Crippen molar-refractivity contribution in [2.24, 2.45) is 5.73 Å². The Morgan fingerprint density at radius 3 is 2.76 bits per heavy atom. The van der Waals surface area contributed by atoms with Crippen molar-refractivity contribution in [1.29, 1.82) is 0 Å². The molecule has 0 spiro atoms. The molecule has 92 valence electrons. The first kappa shape index (κ1) is 13.3. The van der Waals surface area contributed by atoms with Crippen LogP contribution in [0, 0.1) is 0 Å². The molecule has 0 radical (unpaired) electrons. The van der Waals surface area contributed by atoms with E-state index in [1.807, 2.05) is 6.92 Å². The quantitative estimate of drug-likeness (QED) is 0.732. The normalized spacial score (nSPS) is 11.9. The van der Waals surface area contributed by atoms with Gasteiger partial charge in [-0.2, -0.15) is 5.10 Å². The Morgan fingerprint density at radius 1 is 1.65 bits per heavy atom. The van der Waals surface area contributed by atoms with Crippen molar-refractivity contribution in [3.8, 4) is 0 Å². The maximum atomic E-state index is 11.9. The number of nitrogens with one attached hydrogen (secondary N) is 1. The molecule has 1 rings (SSSR count). The second-order valence-corrected chi connectivity index (χ2v) is 4.27. The average molecular weight is 254 g/mol. The molecule has 1 amide bonds. The van der Waals surface area contributed by atoms with E-state index >= 15 is 0 Å². The first-order chi connectivity index (χ1) is 7.91. The van der Waals surface area contributed by atoms with Gasteiger partial charge in [0.15, 0.2) is 0 Å². The number of carbonyl (C=O) groups excluding carboxylic acids is 1. The number of nitrogens with zero attached hydrogens (tertiary/aromatic N) is 2. The molecule has 1 unspecified atom stereocenters. The van der Waals surface area contributed by atoms with Crippen LogP contribution in [-0.2, 0) is 0 Å². The van der Waals surface area contributed by atoms with E-state index in [9.17, 15) is 9.59 Å². The molecular weight excluding hydrogens is 240 g/mol.